The standard InChI is InChI=1S/C14H20N2/c1-13-8-4-5-9-14(13)12-16(2)11-7-3-6-10-15/h4-5,8-9H,3,6-7,11-12H2,1-2H3. The molecule has 0 aliphatic carbocycles. The van der Waals surface area contributed by atoms with Gasteiger partial charge in [0.15, 0.2) is 0 Å². The van der Waals surface area contributed by atoms with Gasteiger partial charge in [-0.05, 0) is 44.5 Å². The lowest BCUT2D eigenvalue weighted by atomic mass is 10.1. The van der Waals surface area contributed by atoms with Gasteiger partial charge < -0.3 is 4.90 Å². The van der Waals surface area contributed by atoms with Crippen LogP contribution in [0.1, 0.15) is 30.4 Å². The maximum atomic E-state index is 8.44. The van der Waals surface area contributed by atoms with Crippen molar-refractivity contribution in [2.75, 3.05) is 13.6 Å². The Morgan fingerprint density at radius 1 is 1.25 bits per heavy atom. The van der Waals surface area contributed by atoms with E-state index in [0.717, 1.165) is 25.9 Å². The molecule has 0 aromatic heterocycles. The predicted molar refractivity (Wildman–Crippen MR) is 67.0 cm³/mol. The topological polar surface area (TPSA) is 27.0 Å². The molecule has 16 heavy (non-hydrogen) atoms. The largest absolute Gasteiger partial charge is 0.302 e. The van der Waals surface area contributed by atoms with Crippen molar-refractivity contribution in [1.82, 2.24) is 4.90 Å². The van der Waals surface area contributed by atoms with Gasteiger partial charge in [-0.1, -0.05) is 24.3 Å². The minimum atomic E-state index is 0.679. The van der Waals surface area contributed by atoms with Crippen molar-refractivity contribution < 1.29 is 0 Å². The summed E-state index contributed by atoms with van der Waals surface area (Å²) in [5, 5.41) is 8.44. The summed E-state index contributed by atoms with van der Waals surface area (Å²) >= 11 is 0. The van der Waals surface area contributed by atoms with Crippen molar-refractivity contribution in [3.05, 3.63) is 35.4 Å². The first-order valence-corrected chi connectivity index (χ1v) is 5.84. The van der Waals surface area contributed by atoms with E-state index in [4.69, 9.17) is 5.26 Å². The van der Waals surface area contributed by atoms with E-state index >= 15 is 0 Å². The van der Waals surface area contributed by atoms with Gasteiger partial charge in [0, 0.05) is 13.0 Å². The Labute approximate surface area is 98.5 Å². The first-order valence-electron chi connectivity index (χ1n) is 5.84. The van der Waals surface area contributed by atoms with Crippen LogP contribution in [-0.4, -0.2) is 18.5 Å². The van der Waals surface area contributed by atoms with Crippen LogP contribution in [0.15, 0.2) is 24.3 Å². The summed E-state index contributed by atoms with van der Waals surface area (Å²) < 4.78 is 0. The third-order valence-electron chi connectivity index (χ3n) is 2.78. The Balaban J connectivity index is 2.32. The molecule has 1 aromatic rings. The molecule has 0 saturated heterocycles. The molecule has 2 heteroatoms. The summed E-state index contributed by atoms with van der Waals surface area (Å²) in [6, 6.07) is 10.7. The normalized spacial score (nSPS) is 10.4. The third-order valence-corrected chi connectivity index (χ3v) is 2.78. The lowest BCUT2D eigenvalue weighted by Crippen LogP contribution is -2.19. The minimum absolute atomic E-state index is 0.679. The Bertz CT molecular complexity index is 352. The number of unbranched alkanes of at least 4 members (excludes halogenated alkanes) is 2. The molecule has 0 bridgehead atoms. The lowest BCUT2D eigenvalue weighted by Gasteiger charge is -2.17. The molecule has 0 radical (unpaired) electrons. The molecular weight excluding hydrogens is 196 g/mol. The van der Waals surface area contributed by atoms with E-state index in [2.05, 4.69) is 49.2 Å². The second-order valence-electron chi connectivity index (χ2n) is 4.28. The molecule has 0 aliphatic heterocycles. The molecule has 0 saturated carbocycles. The zero-order valence-corrected chi connectivity index (χ0v) is 10.2. The van der Waals surface area contributed by atoms with Crippen LogP contribution in [0.5, 0.6) is 0 Å². The highest BCUT2D eigenvalue weighted by atomic mass is 15.1. The molecular formula is C14H20N2. The summed E-state index contributed by atoms with van der Waals surface area (Å²) in [6.45, 7) is 4.22. The Kier molecular flexibility index (Phi) is 5.60. The highest BCUT2D eigenvalue weighted by Gasteiger charge is 2.02. The van der Waals surface area contributed by atoms with Crippen LogP contribution in [0.4, 0.5) is 0 Å². The summed E-state index contributed by atoms with van der Waals surface area (Å²) in [6.07, 6.45) is 2.79. The second kappa shape index (κ2) is 7.03. The van der Waals surface area contributed by atoms with Crippen LogP contribution in [0.25, 0.3) is 0 Å². The quantitative estimate of drug-likeness (QED) is 0.683. The van der Waals surface area contributed by atoms with Crippen molar-refractivity contribution in [3.8, 4) is 6.07 Å². The maximum absolute atomic E-state index is 8.44. The zero-order chi connectivity index (χ0) is 11.8. The van der Waals surface area contributed by atoms with Crippen LogP contribution in [0.2, 0.25) is 0 Å². The molecule has 86 valence electrons. The molecule has 0 fully saturated rings. The summed E-state index contributed by atoms with van der Waals surface area (Å²) in [7, 11) is 2.14. The van der Waals surface area contributed by atoms with Crippen molar-refractivity contribution in [3.63, 3.8) is 0 Å². The summed E-state index contributed by atoms with van der Waals surface area (Å²) in [4.78, 5) is 2.32. The second-order valence-corrected chi connectivity index (χ2v) is 4.28. The number of rotatable bonds is 6. The van der Waals surface area contributed by atoms with Crippen molar-refractivity contribution in [1.29, 1.82) is 5.26 Å². The lowest BCUT2D eigenvalue weighted by molar-refractivity contribution is 0.318. The van der Waals surface area contributed by atoms with Gasteiger partial charge in [-0.3, -0.25) is 0 Å². The molecule has 1 aromatic carbocycles. The van der Waals surface area contributed by atoms with E-state index in [1.54, 1.807) is 0 Å². The number of nitrogens with zero attached hydrogens (tertiary/aromatic N) is 2. The van der Waals surface area contributed by atoms with Crippen molar-refractivity contribution in [2.45, 2.75) is 32.7 Å². The molecule has 0 spiro atoms. The van der Waals surface area contributed by atoms with E-state index in [0.29, 0.717) is 6.42 Å². The van der Waals surface area contributed by atoms with E-state index in [1.807, 2.05) is 0 Å². The monoisotopic (exact) mass is 216 g/mol. The maximum Gasteiger partial charge on any atom is 0.0621 e. The molecule has 1 rings (SSSR count). The summed E-state index contributed by atoms with van der Waals surface area (Å²) in [5.41, 5.74) is 2.75. The van der Waals surface area contributed by atoms with E-state index in [-0.39, 0.29) is 0 Å². The van der Waals surface area contributed by atoms with E-state index in [1.165, 1.54) is 11.1 Å². The van der Waals surface area contributed by atoms with Gasteiger partial charge in [0.2, 0.25) is 0 Å². The van der Waals surface area contributed by atoms with Gasteiger partial charge in [-0.2, -0.15) is 5.26 Å². The molecule has 0 unspecified atom stereocenters. The average Bonchev–Trinajstić information content (AvgIpc) is 2.28. The molecule has 0 aliphatic rings. The SMILES string of the molecule is Cc1ccccc1CN(C)CCCCC#N. The van der Waals surface area contributed by atoms with Gasteiger partial charge in [-0.25, -0.2) is 0 Å². The van der Waals surface area contributed by atoms with Gasteiger partial charge in [-0.15, -0.1) is 0 Å². The van der Waals surface area contributed by atoms with Crippen LogP contribution < -0.4 is 0 Å². The number of hydrogen-bond donors (Lipinski definition) is 0. The molecule has 0 atom stereocenters. The average molecular weight is 216 g/mol. The van der Waals surface area contributed by atoms with Crippen LogP contribution in [0, 0.1) is 18.3 Å². The van der Waals surface area contributed by atoms with Gasteiger partial charge in [0.05, 0.1) is 6.07 Å². The first-order chi connectivity index (χ1) is 7.74. The van der Waals surface area contributed by atoms with E-state index < -0.39 is 0 Å². The molecule has 0 amide bonds. The molecule has 0 heterocycles. The summed E-state index contributed by atoms with van der Waals surface area (Å²) in [5.74, 6) is 0. The fraction of sp³-hybridized carbons (Fsp3) is 0.500. The molecule has 2 nitrogen and oxygen atoms in total. The van der Waals surface area contributed by atoms with Gasteiger partial charge in [0.25, 0.3) is 0 Å². The van der Waals surface area contributed by atoms with Gasteiger partial charge in [0.1, 0.15) is 0 Å². The number of benzene rings is 1. The number of nitriles is 1. The predicted octanol–water partition coefficient (Wildman–Crippen LogP) is 3.12. The van der Waals surface area contributed by atoms with E-state index in [9.17, 15) is 0 Å². The van der Waals surface area contributed by atoms with Crippen molar-refractivity contribution in [2.24, 2.45) is 0 Å². The Hall–Kier alpha value is -1.33. The first kappa shape index (κ1) is 12.7. The van der Waals surface area contributed by atoms with Crippen LogP contribution in [-0.2, 0) is 6.54 Å². The third kappa shape index (κ3) is 4.46. The fourth-order valence-electron chi connectivity index (χ4n) is 1.74. The molecule has 0 N–H and O–H groups in total. The number of hydrogen-bond acceptors (Lipinski definition) is 2. The highest BCUT2D eigenvalue weighted by molar-refractivity contribution is 5.25. The van der Waals surface area contributed by atoms with Crippen LogP contribution >= 0.6 is 0 Å². The number of aryl methyl sites for hydroxylation is 1. The van der Waals surface area contributed by atoms with Gasteiger partial charge >= 0.3 is 0 Å². The Morgan fingerprint density at radius 3 is 2.69 bits per heavy atom. The van der Waals surface area contributed by atoms with Crippen molar-refractivity contribution >= 4 is 0 Å². The highest BCUT2D eigenvalue weighted by Crippen LogP contribution is 2.09. The Morgan fingerprint density at radius 2 is 2.00 bits per heavy atom. The minimum Gasteiger partial charge on any atom is -0.302 e. The zero-order valence-electron chi connectivity index (χ0n) is 10.2. The smallest absolute Gasteiger partial charge is 0.0621 e. The fourth-order valence-corrected chi connectivity index (χ4v) is 1.74. The van der Waals surface area contributed by atoms with Crippen LogP contribution in [0.3, 0.4) is 0 Å².